The van der Waals surface area contributed by atoms with Crippen molar-refractivity contribution >= 4 is 17.8 Å². The highest BCUT2D eigenvalue weighted by Crippen LogP contribution is 2.60. The number of hydrogen-bond acceptors (Lipinski definition) is 5. The maximum Gasteiger partial charge on any atom is 0.308 e. The third-order valence-corrected chi connectivity index (χ3v) is 5.00. The first-order valence-corrected chi connectivity index (χ1v) is 6.30. The minimum Gasteiger partial charge on any atom is -0.469 e. The predicted molar refractivity (Wildman–Crippen MR) is 64.7 cm³/mol. The summed E-state index contributed by atoms with van der Waals surface area (Å²) < 4.78 is 9.90. The van der Waals surface area contributed by atoms with Crippen LogP contribution in [-0.2, 0) is 23.9 Å². The maximum atomic E-state index is 12.3. The van der Waals surface area contributed by atoms with Crippen LogP contribution in [0.25, 0.3) is 0 Å². The van der Waals surface area contributed by atoms with Gasteiger partial charge in [0.25, 0.3) is 0 Å². The first-order chi connectivity index (χ1) is 8.68. The van der Waals surface area contributed by atoms with Crippen LogP contribution in [0.15, 0.2) is 0 Å². The molecule has 2 aliphatic heterocycles. The molecule has 0 bridgehead atoms. The van der Waals surface area contributed by atoms with Gasteiger partial charge in [-0.05, 0) is 20.3 Å². The molecule has 2 fully saturated rings. The van der Waals surface area contributed by atoms with Crippen LogP contribution in [0.1, 0.15) is 40.0 Å². The lowest BCUT2D eigenvalue weighted by Crippen LogP contribution is -2.48. The lowest BCUT2D eigenvalue weighted by atomic mass is 9.60. The monoisotopic (exact) mass is 269 g/mol. The van der Waals surface area contributed by atoms with Crippen LogP contribution in [0, 0.1) is 10.8 Å². The number of rotatable bonds is 3. The van der Waals surface area contributed by atoms with Gasteiger partial charge in [-0.3, -0.25) is 14.4 Å². The number of methoxy groups -OCH3 is 1. The minimum absolute atomic E-state index is 0.139. The summed E-state index contributed by atoms with van der Waals surface area (Å²) >= 11 is 0. The number of nitrogens with one attached hydrogen (secondary N) is 1. The molecular formula is C13H19NO5. The Labute approximate surface area is 111 Å². The quantitative estimate of drug-likeness (QED) is 0.764. The van der Waals surface area contributed by atoms with E-state index in [4.69, 9.17) is 4.74 Å². The molecule has 0 spiro atoms. The van der Waals surface area contributed by atoms with Gasteiger partial charge in [0.2, 0.25) is 5.91 Å². The molecule has 2 saturated heterocycles. The van der Waals surface area contributed by atoms with Crippen LogP contribution < -0.4 is 5.32 Å². The Balaban J connectivity index is 2.31. The van der Waals surface area contributed by atoms with E-state index in [-0.39, 0.29) is 30.7 Å². The average Bonchev–Trinajstić information content (AvgIpc) is 2.62. The van der Waals surface area contributed by atoms with Gasteiger partial charge in [0.1, 0.15) is 0 Å². The molecule has 2 unspecified atom stereocenters. The van der Waals surface area contributed by atoms with E-state index in [9.17, 15) is 14.4 Å². The Hall–Kier alpha value is -1.59. The first kappa shape index (κ1) is 13.8. The third-order valence-electron chi connectivity index (χ3n) is 5.00. The maximum absolute atomic E-state index is 12.3. The molecule has 0 aromatic rings. The molecule has 2 heterocycles. The van der Waals surface area contributed by atoms with Gasteiger partial charge >= 0.3 is 11.9 Å². The fourth-order valence-electron chi connectivity index (χ4n) is 3.17. The second kappa shape index (κ2) is 3.95. The summed E-state index contributed by atoms with van der Waals surface area (Å²) in [5.74, 6) is -0.875. The van der Waals surface area contributed by atoms with Gasteiger partial charge < -0.3 is 14.8 Å². The average molecular weight is 269 g/mol. The van der Waals surface area contributed by atoms with Crippen LogP contribution in [0.4, 0.5) is 0 Å². The van der Waals surface area contributed by atoms with E-state index >= 15 is 0 Å². The predicted octanol–water partition coefficient (Wildman–Crippen LogP) is 0.745. The van der Waals surface area contributed by atoms with Crippen molar-refractivity contribution in [2.24, 2.45) is 10.8 Å². The normalized spacial score (nSPS) is 40.6. The van der Waals surface area contributed by atoms with E-state index in [0.717, 1.165) is 0 Å². The number of ether oxygens (including phenoxy) is 2. The summed E-state index contributed by atoms with van der Waals surface area (Å²) in [6.45, 7) is 5.34. The highest BCUT2D eigenvalue weighted by atomic mass is 16.6. The molecule has 2 aliphatic rings. The second-order valence-corrected chi connectivity index (χ2v) is 5.88. The van der Waals surface area contributed by atoms with Crippen LogP contribution in [-0.4, -0.2) is 30.7 Å². The van der Waals surface area contributed by atoms with Crippen molar-refractivity contribution in [1.29, 1.82) is 0 Å². The van der Waals surface area contributed by atoms with Crippen molar-refractivity contribution in [3.8, 4) is 0 Å². The standard InChI is InChI=1S/C13H19NO5/c1-11(6-5-8(15)18-4)10(17)14-13(3)12(11,2)7-9(16)19-13/h5-7H2,1-4H3,(H,14,17)/t11-,12?,13?/m0/s1. The summed E-state index contributed by atoms with van der Waals surface area (Å²) in [6, 6.07) is 0. The van der Waals surface area contributed by atoms with Gasteiger partial charge in [-0.15, -0.1) is 0 Å². The Kier molecular flexibility index (Phi) is 2.88. The SMILES string of the molecule is COC(=O)CC[C@@]1(C)C(=O)NC2(C)OC(=O)CC21C. The van der Waals surface area contributed by atoms with E-state index in [1.807, 2.05) is 6.92 Å². The van der Waals surface area contributed by atoms with Crippen molar-refractivity contribution in [2.45, 2.75) is 45.8 Å². The summed E-state index contributed by atoms with van der Waals surface area (Å²) in [6.07, 6.45) is 0.633. The molecule has 6 heteroatoms. The molecule has 3 atom stereocenters. The zero-order valence-electron chi connectivity index (χ0n) is 11.7. The van der Waals surface area contributed by atoms with Crippen molar-refractivity contribution in [2.75, 3.05) is 7.11 Å². The smallest absolute Gasteiger partial charge is 0.308 e. The van der Waals surface area contributed by atoms with E-state index in [1.165, 1.54) is 7.11 Å². The highest BCUT2D eigenvalue weighted by Gasteiger charge is 2.71. The highest BCUT2D eigenvalue weighted by molar-refractivity contribution is 5.91. The van der Waals surface area contributed by atoms with Gasteiger partial charge in [0.05, 0.1) is 24.4 Å². The minimum atomic E-state index is -0.994. The number of fused-ring (bicyclic) bond motifs is 1. The molecular weight excluding hydrogens is 250 g/mol. The number of carbonyl (C=O) groups excluding carboxylic acids is 3. The molecule has 0 radical (unpaired) electrons. The van der Waals surface area contributed by atoms with Crippen LogP contribution in [0.3, 0.4) is 0 Å². The molecule has 0 aromatic heterocycles. The van der Waals surface area contributed by atoms with Crippen LogP contribution in [0.2, 0.25) is 0 Å². The third kappa shape index (κ3) is 1.65. The van der Waals surface area contributed by atoms with E-state index in [2.05, 4.69) is 10.1 Å². The largest absolute Gasteiger partial charge is 0.469 e. The van der Waals surface area contributed by atoms with Crippen molar-refractivity contribution in [3.63, 3.8) is 0 Å². The van der Waals surface area contributed by atoms with Gasteiger partial charge in [0.15, 0.2) is 5.72 Å². The second-order valence-electron chi connectivity index (χ2n) is 5.88. The van der Waals surface area contributed by atoms with Crippen molar-refractivity contribution < 1.29 is 23.9 Å². The first-order valence-electron chi connectivity index (χ1n) is 6.30. The lowest BCUT2D eigenvalue weighted by molar-refractivity contribution is -0.152. The Bertz CT molecular complexity index is 462. The lowest BCUT2D eigenvalue weighted by Gasteiger charge is -2.39. The Morgan fingerprint density at radius 1 is 1.37 bits per heavy atom. The molecule has 19 heavy (non-hydrogen) atoms. The molecule has 0 saturated carbocycles. The summed E-state index contributed by atoms with van der Waals surface area (Å²) in [5, 5.41) is 2.76. The summed E-state index contributed by atoms with van der Waals surface area (Å²) in [4.78, 5) is 35.2. The fourth-order valence-corrected chi connectivity index (χ4v) is 3.17. The Morgan fingerprint density at radius 2 is 2.00 bits per heavy atom. The topological polar surface area (TPSA) is 81.7 Å². The number of amides is 1. The fraction of sp³-hybridized carbons (Fsp3) is 0.769. The molecule has 1 N–H and O–H groups in total. The molecule has 6 nitrogen and oxygen atoms in total. The molecule has 1 amide bonds. The molecule has 0 aromatic carbocycles. The zero-order valence-corrected chi connectivity index (χ0v) is 11.7. The zero-order chi connectivity index (χ0) is 14.5. The van der Waals surface area contributed by atoms with E-state index < -0.39 is 16.6 Å². The van der Waals surface area contributed by atoms with Crippen molar-refractivity contribution in [1.82, 2.24) is 5.32 Å². The molecule has 2 rings (SSSR count). The number of hydrogen-bond donors (Lipinski definition) is 1. The number of esters is 2. The van der Waals surface area contributed by atoms with Crippen LogP contribution in [0.5, 0.6) is 0 Å². The Morgan fingerprint density at radius 3 is 2.58 bits per heavy atom. The van der Waals surface area contributed by atoms with Gasteiger partial charge in [-0.1, -0.05) is 6.92 Å². The van der Waals surface area contributed by atoms with E-state index in [0.29, 0.717) is 6.42 Å². The van der Waals surface area contributed by atoms with Gasteiger partial charge in [0, 0.05) is 6.42 Å². The summed E-state index contributed by atoms with van der Waals surface area (Å²) in [7, 11) is 1.31. The van der Waals surface area contributed by atoms with Crippen molar-refractivity contribution in [3.05, 3.63) is 0 Å². The van der Waals surface area contributed by atoms with Crippen LogP contribution >= 0.6 is 0 Å². The molecule has 0 aliphatic carbocycles. The van der Waals surface area contributed by atoms with E-state index in [1.54, 1.807) is 13.8 Å². The summed E-state index contributed by atoms with van der Waals surface area (Å²) in [5.41, 5.74) is -2.49. The number of carbonyl (C=O) groups is 3. The molecule has 106 valence electrons. The van der Waals surface area contributed by atoms with Gasteiger partial charge in [-0.2, -0.15) is 0 Å². The van der Waals surface area contributed by atoms with Gasteiger partial charge in [-0.25, -0.2) is 0 Å².